The minimum absolute atomic E-state index is 0.159. The predicted octanol–water partition coefficient (Wildman–Crippen LogP) is 3.49. The number of hydrogen-bond acceptors (Lipinski definition) is 1. The van der Waals surface area contributed by atoms with E-state index < -0.39 is 0 Å². The Balaban J connectivity index is 2.31. The molecule has 0 saturated carbocycles. The van der Waals surface area contributed by atoms with Gasteiger partial charge in [0, 0.05) is 6.42 Å². The van der Waals surface area contributed by atoms with Gasteiger partial charge in [-0.3, -0.25) is 4.79 Å². The first-order chi connectivity index (χ1) is 8.34. The average molecular weight is 220 g/mol. The minimum Gasteiger partial charge on any atom is -0.294 e. The van der Waals surface area contributed by atoms with Gasteiger partial charge in [0.15, 0.2) is 5.78 Å². The molecule has 0 radical (unpaired) electrons. The van der Waals surface area contributed by atoms with Crippen molar-refractivity contribution in [2.45, 2.75) is 6.42 Å². The molecule has 0 aromatic heterocycles. The van der Waals surface area contributed by atoms with Gasteiger partial charge in [0.25, 0.3) is 0 Å². The predicted molar refractivity (Wildman–Crippen MR) is 69.6 cm³/mol. The van der Waals surface area contributed by atoms with Crippen LogP contribution >= 0.6 is 0 Å². The van der Waals surface area contributed by atoms with Crippen LogP contribution in [0.2, 0.25) is 0 Å². The van der Waals surface area contributed by atoms with Crippen LogP contribution < -0.4 is 0 Å². The quantitative estimate of drug-likeness (QED) is 0.664. The zero-order valence-corrected chi connectivity index (χ0v) is 9.39. The highest BCUT2D eigenvalue weighted by Crippen LogP contribution is 2.29. The van der Waals surface area contributed by atoms with Gasteiger partial charge in [-0.1, -0.05) is 54.6 Å². The molecule has 0 unspecified atom stereocenters. The van der Waals surface area contributed by atoms with Crippen LogP contribution in [0.4, 0.5) is 0 Å². The zero-order chi connectivity index (χ0) is 11.7. The first-order valence-corrected chi connectivity index (χ1v) is 5.73. The van der Waals surface area contributed by atoms with E-state index in [0.717, 1.165) is 11.1 Å². The summed E-state index contributed by atoms with van der Waals surface area (Å²) in [5.41, 5.74) is 4.58. The van der Waals surface area contributed by atoms with Gasteiger partial charge in [-0.2, -0.15) is 0 Å². The lowest BCUT2D eigenvalue weighted by Crippen LogP contribution is -2.03. The molecule has 0 bridgehead atoms. The van der Waals surface area contributed by atoms with E-state index in [2.05, 4.69) is 12.1 Å². The van der Waals surface area contributed by atoms with E-state index in [4.69, 9.17) is 0 Å². The SMILES string of the molecule is O=C1C=Cc2ccccc2-c2ccccc2C1. The summed E-state index contributed by atoms with van der Waals surface area (Å²) in [6, 6.07) is 16.3. The van der Waals surface area contributed by atoms with E-state index in [0.29, 0.717) is 6.42 Å². The lowest BCUT2D eigenvalue weighted by Gasteiger charge is -2.13. The normalized spacial score (nSPS) is 13.5. The van der Waals surface area contributed by atoms with Crippen LogP contribution in [0.15, 0.2) is 54.6 Å². The molecule has 0 aliphatic heterocycles. The highest BCUT2D eigenvalue weighted by atomic mass is 16.1. The van der Waals surface area contributed by atoms with Crippen LogP contribution in [0.3, 0.4) is 0 Å². The molecule has 0 spiro atoms. The Morgan fingerprint density at radius 1 is 0.765 bits per heavy atom. The highest BCUT2D eigenvalue weighted by Gasteiger charge is 2.12. The van der Waals surface area contributed by atoms with Gasteiger partial charge in [0.2, 0.25) is 0 Å². The van der Waals surface area contributed by atoms with E-state index in [1.54, 1.807) is 6.08 Å². The van der Waals surface area contributed by atoms with Crippen molar-refractivity contribution in [1.29, 1.82) is 0 Å². The molecule has 0 amide bonds. The Morgan fingerprint density at radius 2 is 1.47 bits per heavy atom. The monoisotopic (exact) mass is 220 g/mol. The number of rotatable bonds is 0. The summed E-state index contributed by atoms with van der Waals surface area (Å²) in [5.74, 6) is 0.159. The fraction of sp³-hybridized carbons (Fsp3) is 0.0625. The molecule has 0 fully saturated rings. The number of fused-ring (bicyclic) bond motifs is 3. The Hall–Kier alpha value is -2.15. The lowest BCUT2D eigenvalue weighted by molar-refractivity contribution is -0.113. The van der Waals surface area contributed by atoms with Crippen LogP contribution in [0.5, 0.6) is 0 Å². The summed E-state index contributed by atoms with van der Waals surface area (Å²) in [6.45, 7) is 0. The van der Waals surface area contributed by atoms with E-state index in [9.17, 15) is 4.79 Å². The number of benzene rings is 2. The maximum absolute atomic E-state index is 11.7. The topological polar surface area (TPSA) is 17.1 Å². The smallest absolute Gasteiger partial charge is 0.160 e. The van der Waals surface area contributed by atoms with Gasteiger partial charge < -0.3 is 0 Å². The zero-order valence-electron chi connectivity index (χ0n) is 9.39. The number of carbonyl (C=O) groups is 1. The number of carbonyl (C=O) groups excluding carboxylic acids is 1. The fourth-order valence-electron chi connectivity index (χ4n) is 2.25. The summed E-state index contributed by atoms with van der Waals surface area (Å²) >= 11 is 0. The Bertz CT molecular complexity index is 608. The van der Waals surface area contributed by atoms with E-state index in [-0.39, 0.29) is 5.78 Å². The number of allylic oxidation sites excluding steroid dienone is 1. The summed E-state index contributed by atoms with van der Waals surface area (Å²) in [6.07, 6.45) is 4.07. The number of ketones is 1. The van der Waals surface area contributed by atoms with Crippen LogP contribution in [0.25, 0.3) is 17.2 Å². The number of hydrogen-bond donors (Lipinski definition) is 0. The van der Waals surface area contributed by atoms with Crippen molar-refractivity contribution in [3.8, 4) is 11.1 Å². The average Bonchev–Trinajstić information content (AvgIpc) is 2.36. The molecule has 0 N–H and O–H groups in total. The molecule has 2 aromatic rings. The Kier molecular flexibility index (Phi) is 2.37. The van der Waals surface area contributed by atoms with Gasteiger partial charge in [0.05, 0.1) is 0 Å². The van der Waals surface area contributed by atoms with Gasteiger partial charge in [-0.25, -0.2) is 0 Å². The van der Waals surface area contributed by atoms with Gasteiger partial charge in [-0.05, 0) is 28.3 Å². The standard InChI is InChI=1S/C16H12O/c17-14-10-9-12-5-1-3-7-15(12)16-8-4-2-6-13(16)11-14/h1-10H,11H2. The third kappa shape index (κ3) is 1.80. The molecule has 1 heteroatoms. The molecule has 0 atom stereocenters. The molecule has 1 aliphatic carbocycles. The summed E-state index contributed by atoms with van der Waals surface area (Å²) < 4.78 is 0. The second-order valence-electron chi connectivity index (χ2n) is 4.22. The second kappa shape index (κ2) is 4.02. The van der Waals surface area contributed by atoms with E-state index in [1.165, 1.54) is 11.1 Å². The van der Waals surface area contributed by atoms with E-state index >= 15 is 0 Å². The van der Waals surface area contributed by atoms with Crippen molar-refractivity contribution < 1.29 is 4.79 Å². The maximum Gasteiger partial charge on any atom is 0.160 e. The second-order valence-corrected chi connectivity index (χ2v) is 4.22. The molecule has 2 aromatic carbocycles. The van der Waals surface area contributed by atoms with Crippen molar-refractivity contribution in [1.82, 2.24) is 0 Å². The third-order valence-corrected chi connectivity index (χ3v) is 3.08. The molecule has 82 valence electrons. The van der Waals surface area contributed by atoms with Crippen molar-refractivity contribution in [3.63, 3.8) is 0 Å². The Labute approximate surface area is 100 Å². The summed E-state index contributed by atoms with van der Waals surface area (Å²) in [5, 5.41) is 0. The van der Waals surface area contributed by atoms with Gasteiger partial charge in [-0.15, -0.1) is 0 Å². The van der Waals surface area contributed by atoms with Gasteiger partial charge >= 0.3 is 0 Å². The molecular weight excluding hydrogens is 208 g/mol. The van der Waals surface area contributed by atoms with E-state index in [1.807, 2.05) is 42.5 Å². The van der Waals surface area contributed by atoms with Crippen LogP contribution in [0.1, 0.15) is 11.1 Å². The van der Waals surface area contributed by atoms with Crippen LogP contribution in [-0.4, -0.2) is 5.78 Å². The molecule has 0 heterocycles. The van der Waals surface area contributed by atoms with Crippen LogP contribution in [0, 0.1) is 0 Å². The molecule has 17 heavy (non-hydrogen) atoms. The van der Waals surface area contributed by atoms with Crippen molar-refractivity contribution in [3.05, 3.63) is 65.7 Å². The first-order valence-electron chi connectivity index (χ1n) is 5.73. The molecule has 1 aliphatic rings. The summed E-state index contributed by atoms with van der Waals surface area (Å²) in [7, 11) is 0. The minimum atomic E-state index is 0.159. The van der Waals surface area contributed by atoms with Gasteiger partial charge in [0.1, 0.15) is 0 Å². The molecule has 3 rings (SSSR count). The maximum atomic E-state index is 11.7. The highest BCUT2D eigenvalue weighted by molar-refractivity contribution is 5.98. The van der Waals surface area contributed by atoms with Crippen molar-refractivity contribution in [2.24, 2.45) is 0 Å². The van der Waals surface area contributed by atoms with Crippen molar-refractivity contribution >= 4 is 11.9 Å². The largest absolute Gasteiger partial charge is 0.294 e. The Morgan fingerprint density at radius 3 is 2.35 bits per heavy atom. The third-order valence-electron chi connectivity index (χ3n) is 3.08. The molecule has 1 nitrogen and oxygen atoms in total. The van der Waals surface area contributed by atoms with Crippen LogP contribution in [-0.2, 0) is 11.2 Å². The van der Waals surface area contributed by atoms with Crippen molar-refractivity contribution in [2.75, 3.05) is 0 Å². The first kappa shape index (κ1) is 10.0. The summed E-state index contributed by atoms with van der Waals surface area (Å²) in [4.78, 5) is 11.7. The lowest BCUT2D eigenvalue weighted by atomic mass is 9.91. The fourth-order valence-corrected chi connectivity index (χ4v) is 2.25. The molecular formula is C16H12O. The molecule has 0 saturated heterocycles.